The molecule has 0 bridgehead atoms. The summed E-state index contributed by atoms with van der Waals surface area (Å²) < 4.78 is 16.6. The van der Waals surface area contributed by atoms with Gasteiger partial charge in [-0.1, -0.05) is 34.6 Å². The molecule has 3 atom stereocenters. The van der Waals surface area contributed by atoms with E-state index in [1.165, 1.54) is 0 Å². The first kappa shape index (κ1) is 17.4. The summed E-state index contributed by atoms with van der Waals surface area (Å²) in [6.45, 7) is 12.9. The van der Waals surface area contributed by atoms with Crippen molar-refractivity contribution in [3.8, 4) is 0 Å². The van der Waals surface area contributed by atoms with Crippen molar-refractivity contribution < 1.29 is 19.0 Å². The SMILES string of the molecule is CCC1CC(C)(C(=O)OCOCC(C)(C)C)C(CC)O1. The molecular formula is C16H30O4. The van der Waals surface area contributed by atoms with Crippen molar-refractivity contribution in [1.82, 2.24) is 0 Å². The molecule has 20 heavy (non-hydrogen) atoms. The highest BCUT2D eigenvalue weighted by Gasteiger charge is 2.50. The number of ether oxygens (including phenoxy) is 3. The van der Waals surface area contributed by atoms with Crippen LogP contribution in [0.25, 0.3) is 0 Å². The standard InChI is InChI=1S/C16H30O4/c1-7-12-9-16(6,13(8-2)20-12)14(17)19-11-18-10-15(3,4)5/h12-13H,7-11H2,1-6H3. The maximum absolute atomic E-state index is 12.3. The van der Waals surface area contributed by atoms with Gasteiger partial charge in [-0.3, -0.25) is 4.79 Å². The molecule has 1 aliphatic heterocycles. The van der Waals surface area contributed by atoms with Gasteiger partial charge in [0.05, 0.1) is 24.2 Å². The lowest BCUT2D eigenvalue weighted by Crippen LogP contribution is -2.37. The van der Waals surface area contributed by atoms with Crippen molar-refractivity contribution in [1.29, 1.82) is 0 Å². The molecule has 1 aliphatic rings. The van der Waals surface area contributed by atoms with Crippen LogP contribution < -0.4 is 0 Å². The third kappa shape index (κ3) is 4.45. The molecule has 1 saturated heterocycles. The predicted octanol–water partition coefficient (Wildman–Crippen LogP) is 3.53. The predicted molar refractivity (Wildman–Crippen MR) is 78.3 cm³/mol. The summed E-state index contributed by atoms with van der Waals surface area (Å²) in [6.07, 6.45) is 2.60. The second-order valence-electron chi connectivity index (χ2n) is 7.14. The van der Waals surface area contributed by atoms with Gasteiger partial charge in [-0.15, -0.1) is 0 Å². The fourth-order valence-electron chi connectivity index (χ4n) is 2.64. The summed E-state index contributed by atoms with van der Waals surface area (Å²) in [4.78, 5) is 12.3. The molecule has 1 fully saturated rings. The maximum atomic E-state index is 12.3. The summed E-state index contributed by atoms with van der Waals surface area (Å²) in [6, 6.07) is 0. The number of esters is 1. The minimum atomic E-state index is -0.541. The zero-order valence-electron chi connectivity index (χ0n) is 13.8. The van der Waals surface area contributed by atoms with Crippen LogP contribution in [0, 0.1) is 10.8 Å². The van der Waals surface area contributed by atoms with Crippen molar-refractivity contribution in [2.75, 3.05) is 13.4 Å². The molecule has 0 radical (unpaired) electrons. The maximum Gasteiger partial charge on any atom is 0.316 e. The number of hydrogen-bond donors (Lipinski definition) is 0. The van der Waals surface area contributed by atoms with Crippen LogP contribution in [-0.2, 0) is 19.0 Å². The molecule has 118 valence electrons. The lowest BCUT2D eigenvalue weighted by molar-refractivity contribution is -0.172. The van der Waals surface area contributed by atoms with E-state index in [4.69, 9.17) is 14.2 Å². The van der Waals surface area contributed by atoms with Crippen LogP contribution >= 0.6 is 0 Å². The Balaban J connectivity index is 2.48. The molecule has 4 nitrogen and oxygen atoms in total. The highest BCUT2D eigenvalue weighted by atomic mass is 16.7. The van der Waals surface area contributed by atoms with Crippen molar-refractivity contribution in [3.05, 3.63) is 0 Å². The van der Waals surface area contributed by atoms with Crippen molar-refractivity contribution >= 4 is 5.97 Å². The average molecular weight is 286 g/mol. The van der Waals surface area contributed by atoms with Gasteiger partial charge in [0, 0.05) is 0 Å². The molecule has 1 heterocycles. The molecule has 0 amide bonds. The van der Waals surface area contributed by atoms with E-state index in [1.807, 2.05) is 13.8 Å². The molecule has 0 aromatic heterocycles. The van der Waals surface area contributed by atoms with Crippen molar-refractivity contribution in [2.45, 2.75) is 73.0 Å². The summed E-state index contributed by atoms with van der Waals surface area (Å²) in [7, 11) is 0. The van der Waals surface area contributed by atoms with Crippen LogP contribution in [0.2, 0.25) is 0 Å². The van der Waals surface area contributed by atoms with Crippen LogP contribution in [0.15, 0.2) is 0 Å². The normalized spacial score (nSPS) is 30.5. The van der Waals surface area contributed by atoms with E-state index in [-0.39, 0.29) is 30.4 Å². The second-order valence-corrected chi connectivity index (χ2v) is 7.14. The molecule has 4 heteroatoms. The van der Waals surface area contributed by atoms with Gasteiger partial charge >= 0.3 is 5.97 Å². The molecule has 0 aromatic carbocycles. The van der Waals surface area contributed by atoms with Gasteiger partial charge in [-0.2, -0.15) is 0 Å². The van der Waals surface area contributed by atoms with Crippen molar-refractivity contribution in [2.24, 2.45) is 10.8 Å². The van der Waals surface area contributed by atoms with E-state index < -0.39 is 5.41 Å². The monoisotopic (exact) mass is 286 g/mol. The number of hydrogen-bond acceptors (Lipinski definition) is 4. The van der Waals surface area contributed by atoms with E-state index >= 15 is 0 Å². The quantitative estimate of drug-likeness (QED) is 0.425. The van der Waals surface area contributed by atoms with E-state index in [1.54, 1.807) is 0 Å². The third-order valence-electron chi connectivity index (χ3n) is 3.82. The van der Waals surface area contributed by atoms with E-state index in [9.17, 15) is 4.79 Å². The summed E-state index contributed by atoms with van der Waals surface area (Å²) in [5, 5.41) is 0. The molecule has 0 saturated carbocycles. The van der Waals surface area contributed by atoms with Gasteiger partial charge in [0.25, 0.3) is 0 Å². The first-order valence-electron chi connectivity index (χ1n) is 7.63. The first-order chi connectivity index (χ1) is 9.23. The lowest BCUT2D eigenvalue weighted by atomic mass is 9.80. The highest BCUT2D eigenvalue weighted by Crippen LogP contribution is 2.42. The van der Waals surface area contributed by atoms with Crippen LogP contribution in [-0.4, -0.2) is 31.6 Å². The van der Waals surface area contributed by atoms with E-state index in [2.05, 4.69) is 27.7 Å². The molecule has 1 rings (SSSR count). The summed E-state index contributed by atoms with van der Waals surface area (Å²) >= 11 is 0. The molecule has 0 aromatic rings. The number of carbonyl (C=O) groups is 1. The van der Waals surface area contributed by atoms with Gasteiger partial charge < -0.3 is 14.2 Å². The van der Waals surface area contributed by atoms with Gasteiger partial charge in [0.2, 0.25) is 0 Å². The summed E-state index contributed by atoms with van der Waals surface area (Å²) in [5.41, 5.74) is -0.466. The third-order valence-corrected chi connectivity index (χ3v) is 3.82. The van der Waals surface area contributed by atoms with Gasteiger partial charge in [0.15, 0.2) is 6.79 Å². The van der Waals surface area contributed by atoms with Crippen LogP contribution in [0.4, 0.5) is 0 Å². The Bertz CT molecular complexity index is 321. The van der Waals surface area contributed by atoms with Crippen LogP contribution in [0.3, 0.4) is 0 Å². The Kier molecular flexibility index (Phi) is 6.02. The van der Waals surface area contributed by atoms with Crippen LogP contribution in [0.5, 0.6) is 0 Å². The zero-order chi connectivity index (χ0) is 15.4. The number of carbonyl (C=O) groups excluding carboxylic acids is 1. The van der Waals surface area contributed by atoms with Gasteiger partial charge in [-0.05, 0) is 31.6 Å². The molecule has 0 N–H and O–H groups in total. The molecule has 0 aliphatic carbocycles. The van der Waals surface area contributed by atoms with Crippen LogP contribution in [0.1, 0.15) is 60.8 Å². The van der Waals surface area contributed by atoms with Gasteiger partial charge in [-0.25, -0.2) is 0 Å². The Hall–Kier alpha value is -0.610. The Morgan fingerprint density at radius 2 is 1.95 bits per heavy atom. The average Bonchev–Trinajstić information content (AvgIpc) is 2.71. The smallest absolute Gasteiger partial charge is 0.316 e. The first-order valence-corrected chi connectivity index (χ1v) is 7.63. The second kappa shape index (κ2) is 6.90. The molecule has 0 spiro atoms. The molecule has 3 unspecified atom stereocenters. The minimum Gasteiger partial charge on any atom is -0.438 e. The fourth-order valence-corrected chi connectivity index (χ4v) is 2.64. The Morgan fingerprint density at radius 1 is 1.30 bits per heavy atom. The minimum absolute atomic E-state index is 0.0267. The lowest BCUT2D eigenvalue weighted by Gasteiger charge is -2.27. The van der Waals surface area contributed by atoms with Crippen molar-refractivity contribution in [3.63, 3.8) is 0 Å². The van der Waals surface area contributed by atoms with Gasteiger partial charge in [0.1, 0.15) is 0 Å². The van der Waals surface area contributed by atoms with E-state index in [0.717, 1.165) is 19.3 Å². The summed E-state index contributed by atoms with van der Waals surface area (Å²) in [5.74, 6) is -0.200. The molecular weight excluding hydrogens is 256 g/mol. The largest absolute Gasteiger partial charge is 0.438 e. The topological polar surface area (TPSA) is 44.8 Å². The zero-order valence-corrected chi connectivity index (χ0v) is 13.8. The fraction of sp³-hybridized carbons (Fsp3) is 0.938. The number of rotatable bonds is 6. The Morgan fingerprint density at radius 3 is 2.45 bits per heavy atom. The van der Waals surface area contributed by atoms with E-state index in [0.29, 0.717) is 6.61 Å². The Labute approximate surface area is 123 Å². The highest BCUT2D eigenvalue weighted by molar-refractivity contribution is 5.77.